The monoisotopic (exact) mass is 228 g/mol. The van der Waals surface area contributed by atoms with Crippen LogP contribution >= 0.6 is 23.4 Å². The van der Waals surface area contributed by atoms with Gasteiger partial charge >= 0.3 is 0 Å². The van der Waals surface area contributed by atoms with Gasteiger partial charge in [0, 0.05) is 18.8 Å². The molecule has 1 fully saturated rings. The lowest BCUT2D eigenvalue weighted by Gasteiger charge is -2.24. The molecule has 1 aromatic rings. The van der Waals surface area contributed by atoms with Gasteiger partial charge < -0.3 is 4.90 Å². The fraction of sp³-hybridized carbons (Fsp3) is 0.500. The molecular formula is C10H13ClN2S. The first-order valence-corrected chi connectivity index (χ1v) is 6.24. The third kappa shape index (κ3) is 2.15. The van der Waals surface area contributed by atoms with Gasteiger partial charge in [-0.2, -0.15) is 11.8 Å². The zero-order chi connectivity index (χ0) is 9.97. The Kier molecular flexibility index (Phi) is 3.19. The van der Waals surface area contributed by atoms with Crippen LogP contribution in [0, 0.1) is 0 Å². The molecule has 0 bridgehead atoms. The molecule has 14 heavy (non-hydrogen) atoms. The van der Waals surface area contributed by atoms with Crippen LogP contribution in [0.5, 0.6) is 0 Å². The Bertz CT molecular complexity index is 313. The summed E-state index contributed by atoms with van der Waals surface area (Å²) in [6.45, 7) is 0. The van der Waals surface area contributed by atoms with Crippen molar-refractivity contribution in [2.45, 2.75) is 12.5 Å². The molecule has 1 aliphatic heterocycles. The second-order valence-corrected chi connectivity index (χ2v) is 4.98. The van der Waals surface area contributed by atoms with Crippen molar-refractivity contribution in [2.75, 3.05) is 23.5 Å². The van der Waals surface area contributed by atoms with Crippen molar-refractivity contribution < 1.29 is 0 Å². The minimum atomic E-state index is 0.569. The number of anilines is 1. The van der Waals surface area contributed by atoms with E-state index in [1.165, 1.54) is 17.9 Å². The Morgan fingerprint density at radius 1 is 1.57 bits per heavy atom. The molecule has 1 aliphatic rings. The molecule has 1 aromatic heterocycles. The molecule has 1 unspecified atom stereocenters. The SMILES string of the molecule is CN(c1cccc(Cl)n1)C1CCSC1. The van der Waals surface area contributed by atoms with Crippen LogP contribution in [-0.2, 0) is 0 Å². The first-order chi connectivity index (χ1) is 6.77. The van der Waals surface area contributed by atoms with Gasteiger partial charge in [-0.05, 0) is 24.3 Å². The van der Waals surface area contributed by atoms with Crippen molar-refractivity contribution in [3.05, 3.63) is 23.4 Å². The number of nitrogens with zero attached hydrogens (tertiary/aromatic N) is 2. The van der Waals surface area contributed by atoms with Crippen LogP contribution in [-0.4, -0.2) is 29.6 Å². The van der Waals surface area contributed by atoms with Gasteiger partial charge in [0.15, 0.2) is 0 Å². The number of hydrogen-bond acceptors (Lipinski definition) is 3. The van der Waals surface area contributed by atoms with Gasteiger partial charge in [0.25, 0.3) is 0 Å². The molecule has 2 nitrogen and oxygen atoms in total. The molecule has 0 N–H and O–H groups in total. The fourth-order valence-electron chi connectivity index (χ4n) is 1.61. The zero-order valence-electron chi connectivity index (χ0n) is 8.11. The number of halogens is 1. The topological polar surface area (TPSA) is 16.1 Å². The number of pyridine rings is 1. The van der Waals surface area contributed by atoms with Crippen LogP contribution in [0.25, 0.3) is 0 Å². The number of hydrogen-bond donors (Lipinski definition) is 0. The summed E-state index contributed by atoms with van der Waals surface area (Å²) < 4.78 is 0. The van der Waals surface area contributed by atoms with E-state index in [1.54, 1.807) is 0 Å². The summed E-state index contributed by atoms with van der Waals surface area (Å²) in [4.78, 5) is 6.53. The molecule has 4 heteroatoms. The summed E-state index contributed by atoms with van der Waals surface area (Å²) in [7, 11) is 2.09. The Morgan fingerprint density at radius 2 is 2.43 bits per heavy atom. The molecule has 0 radical (unpaired) electrons. The number of rotatable bonds is 2. The highest BCUT2D eigenvalue weighted by Crippen LogP contribution is 2.25. The third-order valence-corrected chi connectivity index (χ3v) is 3.87. The van der Waals surface area contributed by atoms with E-state index < -0.39 is 0 Å². The standard InChI is InChI=1S/C10H13ClN2S/c1-13(8-5-6-14-7-8)10-4-2-3-9(11)12-10/h2-4,8H,5-7H2,1H3. The van der Waals surface area contributed by atoms with Gasteiger partial charge in [-0.1, -0.05) is 17.7 Å². The van der Waals surface area contributed by atoms with E-state index in [0.717, 1.165) is 5.82 Å². The van der Waals surface area contributed by atoms with Gasteiger partial charge in [-0.15, -0.1) is 0 Å². The van der Waals surface area contributed by atoms with Gasteiger partial charge in [0.1, 0.15) is 11.0 Å². The second-order valence-electron chi connectivity index (χ2n) is 3.45. The highest BCUT2D eigenvalue weighted by Gasteiger charge is 2.20. The normalized spacial score (nSPS) is 21.1. The molecule has 0 aromatic carbocycles. The summed E-state index contributed by atoms with van der Waals surface area (Å²) in [6, 6.07) is 6.38. The van der Waals surface area contributed by atoms with E-state index in [0.29, 0.717) is 11.2 Å². The minimum Gasteiger partial charge on any atom is -0.356 e. The van der Waals surface area contributed by atoms with Crippen LogP contribution in [0.1, 0.15) is 6.42 Å². The van der Waals surface area contributed by atoms with E-state index in [2.05, 4.69) is 16.9 Å². The van der Waals surface area contributed by atoms with Gasteiger partial charge in [0.2, 0.25) is 0 Å². The smallest absolute Gasteiger partial charge is 0.131 e. The van der Waals surface area contributed by atoms with E-state index in [-0.39, 0.29) is 0 Å². The van der Waals surface area contributed by atoms with Crippen LogP contribution in [0.2, 0.25) is 5.15 Å². The lowest BCUT2D eigenvalue weighted by atomic mass is 10.2. The number of aromatic nitrogens is 1. The molecule has 2 heterocycles. The lowest BCUT2D eigenvalue weighted by molar-refractivity contribution is 0.692. The van der Waals surface area contributed by atoms with Crippen molar-refractivity contribution in [1.82, 2.24) is 4.98 Å². The molecule has 0 amide bonds. The highest BCUT2D eigenvalue weighted by atomic mass is 35.5. The van der Waals surface area contributed by atoms with Crippen molar-refractivity contribution in [1.29, 1.82) is 0 Å². The largest absolute Gasteiger partial charge is 0.356 e. The Labute approximate surface area is 93.7 Å². The minimum absolute atomic E-state index is 0.569. The van der Waals surface area contributed by atoms with Crippen LogP contribution in [0.15, 0.2) is 18.2 Å². The van der Waals surface area contributed by atoms with E-state index in [9.17, 15) is 0 Å². The molecule has 1 atom stereocenters. The van der Waals surface area contributed by atoms with Crippen LogP contribution < -0.4 is 4.90 Å². The Morgan fingerprint density at radius 3 is 3.07 bits per heavy atom. The lowest BCUT2D eigenvalue weighted by Crippen LogP contribution is -2.31. The maximum absolute atomic E-state index is 5.85. The van der Waals surface area contributed by atoms with Crippen molar-refractivity contribution in [3.8, 4) is 0 Å². The molecule has 1 saturated heterocycles. The van der Waals surface area contributed by atoms with E-state index in [1.807, 2.05) is 30.0 Å². The Hall–Kier alpha value is -0.410. The summed E-state index contributed by atoms with van der Waals surface area (Å²) in [5.41, 5.74) is 0. The average molecular weight is 229 g/mol. The average Bonchev–Trinajstić information content (AvgIpc) is 2.69. The maximum Gasteiger partial charge on any atom is 0.131 e. The van der Waals surface area contributed by atoms with Crippen molar-refractivity contribution in [2.24, 2.45) is 0 Å². The fourth-order valence-corrected chi connectivity index (χ4v) is 3.04. The first kappa shape index (κ1) is 10.1. The molecule has 0 aliphatic carbocycles. The first-order valence-electron chi connectivity index (χ1n) is 4.70. The summed E-state index contributed by atoms with van der Waals surface area (Å²) >= 11 is 7.86. The van der Waals surface area contributed by atoms with Gasteiger partial charge in [-0.3, -0.25) is 0 Å². The molecule has 76 valence electrons. The summed E-state index contributed by atoms with van der Waals surface area (Å²) in [5, 5.41) is 0.569. The third-order valence-electron chi connectivity index (χ3n) is 2.52. The highest BCUT2D eigenvalue weighted by molar-refractivity contribution is 7.99. The maximum atomic E-state index is 5.85. The molecule has 0 spiro atoms. The molecule has 0 saturated carbocycles. The van der Waals surface area contributed by atoms with Crippen molar-refractivity contribution >= 4 is 29.2 Å². The summed E-state index contributed by atoms with van der Waals surface area (Å²) in [6.07, 6.45) is 1.25. The van der Waals surface area contributed by atoms with Crippen LogP contribution in [0.4, 0.5) is 5.82 Å². The number of thioether (sulfide) groups is 1. The molecule has 2 rings (SSSR count). The van der Waals surface area contributed by atoms with E-state index in [4.69, 9.17) is 11.6 Å². The predicted molar refractivity (Wildman–Crippen MR) is 63.4 cm³/mol. The summed E-state index contributed by atoms with van der Waals surface area (Å²) in [5.74, 6) is 3.44. The van der Waals surface area contributed by atoms with Crippen LogP contribution in [0.3, 0.4) is 0 Å². The molecular weight excluding hydrogens is 216 g/mol. The van der Waals surface area contributed by atoms with E-state index >= 15 is 0 Å². The predicted octanol–water partition coefficient (Wildman–Crippen LogP) is 2.68. The van der Waals surface area contributed by atoms with Gasteiger partial charge in [-0.25, -0.2) is 4.98 Å². The van der Waals surface area contributed by atoms with Crippen molar-refractivity contribution in [3.63, 3.8) is 0 Å². The second kappa shape index (κ2) is 4.41. The zero-order valence-corrected chi connectivity index (χ0v) is 9.68. The Balaban J connectivity index is 2.13. The van der Waals surface area contributed by atoms with Gasteiger partial charge in [0.05, 0.1) is 0 Å². The quantitative estimate of drug-likeness (QED) is 0.725.